The van der Waals surface area contributed by atoms with Gasteiger partial charge < -0.3 is 5.32 Å². The van der Waals surface area contributed by atoms with Gasteiger partial charge >= 0.3 is 6.18 Å². The number of carbonyl (C=O) groups excluding carboxylic acids is 1. The van der Waals surface area contributed by atoms with Crippen molar-refractivity contribution in [2.75, 3.05) is 13.1 Å². The maximum atomic E-state index is 12.0. The summed E-state index contributed by atoms with van der Waals surface area (Å²) in [6, 6.07) is 6.75. The molecule has 0 unspecified atom stereocenters. The first kappa shape index (κ1) is 13.5. The van der Waals surface area contributed by atoms with E-state index in [1.807, 2.05) is 0 Å². The molecule has 0 aliphatic rings. The summed E-state index contributed by atoms with van der Waals surface area (Å²) in [5.41, 5.74) is 0.398. The molecule has 0 saturated heterocycles. The van der Waals surface area contributed by atoms with Crippen LogP contribution in [0.25, 0.3) is 10.8 Å². The smallest absolute Gasteiger partial charge is 0.302 e. The number of alkyl halides is 3. The van der Waals surface area contributed by atoms with E-state index in [0.717, 1.165) is 5.39 Å². The number of hydrogen-bond donors (Lipinski definition) is 1. The average molecular weight is 268 g/mol. The quantitative estimate of drug-likeness (QED) is 0.866. The minimum Gasteiger partial charge on any atom is -0.302 e. The molecule has 0 saturated carbocycles. The molecular weight excluding hydrogens is 257 g/mol. The fourth-order valence-electron chi connectivity index (χ4n) is 1.78. The molecule has 0 aliphatic heterocycles. The molecule has 1 aromatic heterocycles. The van der Waals surface area contributed by atoms with Crippen molar-refractivity contribution in [3.63, 3.8) is 0 Å². The average Bonchev–Trinajstić information content (AvgIpc) is 2.36. The Kier molecular flexibility index (Phi) is 3.80. The molecule has 0 aliphatic carbocycles. The number of carbonyl (C=O) groups is 1. The molecule has 0 fully saturated rings. The van der Waals surface area contributed by atoms with E-state index in [1.165, 1.54) is 0 Å². The molecule has 0 atom stereocenters. The van der Waals surface area contributed by atoms with Crippen LogP contribution in [0.15, 0.2) is 36.7 Å². The lowest BCUT2D eigenvalue weighted by molar-refractivity contribution is -0.124. The molecule has 2 rings (SSSR count). The van der Waals surface area contributed by atoms with Gasteiger partial charge in [0.05, 0.1) is 13.1 Å². The van der Waals surface area contributed by atoms with Crippen LogP contribution in [0.4, 0.5) is 13.2 Å². The first-order chi connectivity index (χ1) is 8.97. The monoisotopic (exact) mass is 268 g/mol. The van der Waals surface area contributed by atoms with Crippen LogP contribution in [0, 0.1) is 0 Å². The van der Waals surface area contributed by atoms with E-state index < -0.39 is 12.7 Å². The second-order valence-corrected chi connectivity index (χ2v) is 4.04. The van der Waals surface area contributed by atoms with Crippen molar-refractivity contribution < 1.29 is 18.0 Å². The number of pyridine rings is 1. The summed E-state index contributed by atoms with van der Waals surface area (Å²) in [6.07, 6.45) is -1.17. The largest absolute Gasteiger partial charge is 0.401 e. The van der Waals surface area contributed by atoms with Gasteiger partial charge in [0, 0.05) is 23.3 Å². The van der Waals surface area contributed by atoms with Crippen molar-refractivity contribution in [3.05, 3.63) is 42.2 Å². The number of Topliss-reactive ketones (excluding diaryl/α,β-unsaturated/α-hetero) is 1. The third-order valence-electron chi connectivity index (χ3n) is 2.59. The van der Waals surface area contributed by atoms with Crippen LogP contribution >= 0.6 is 0 Å². The minimum absolute atomic E-state index is 0.346. The number of ketones is 1. The van der Waals surface area contributed by atoms with Gasteiger partial charge in [-0.3, -0.25) is 9.78 Å². The maximum absolute atomic E-state index is 12.0. The van der Waals surface area contributed by atoms with Crippen LogP contribution in [0.1, 0.15) is 10.4 Å². The highest BCUT2D eigenvalue weighted by atomic mass is 19.4. The SMILES string of the molecule is O=C(CNCC(F)(F)F)c1cccc2cnccc12. The first-order valence-corrected chi connectivity index (χ1v) is 5.61. The Morgan fingerprint density at radius 3 is 2.79 bits per heavy atom. The van der Waals surface area contributed by atoms with Crippen molar-refractivity contribution in [3.8, 4) is 0 Å². The number of hydrogen-bond acceptors (Lipinski definition) is 3. The summed E-state index contributed by atoms with van der Waals surface area (Å²) in [7, 11) is 0. The molecule has 6 heteroatoms. The zero-order valence-electron chi connectivity index (χ0n) is 9.87. The summed E-state index contributed by atoms with van der Waals surface area (Å²) in [5.74, 6) is -0.374. The minimum atomic E-state index is -4.32. The molecule has 0 bridgehead atoms. The Morgan fingerprint density at radius 1 is 1.26 bits per heavy atom. The van der Waals surface area contributed by atoms with Gasteiger partial charge in [0.2, 0.25) is 0 Å². The Bertz CT molecular complexity index is 590. The van der Waals surface area contributed by atoms with Crippen molar-refractivity contribution in [1.29, 1.82) is 0 Å². The number of halogens is 3. The second-order valence-electron chi connectivity index (χ2n) is 4.04. The van der Waals surface area contributed by atoms with Crippen LogP contribution in [0.3, 0.4) is 0 Å². The lowest BCUT2D eigenvalue weighted by Crippen LogP contribution is -2.32. The normalized spacial score (nSPS) is 11.7. The van der Waals surface area contributed by atoms with Gasteiger partial charge in [0.15, 0.2) is 5.78 Å². The van der Waals surface area contributed by atoms with Crippen LogP contribution in [-0.2, 0) is 0 Å². The Balaban J connectivity index is 2.14. The summed E-state index contributed by atoms with van der Waals surface area (Å²) in [6.45, 7) is -1.52. The highest BCUT2D eigenvalue weighted by Gasteiger charge is 2.26. The van der Waals surface area contributed by atoms with Gasteiger partial charge in [-0.25, -0.2) is 0 Å². The van der Waals surface area contributed by atoms with Crippen LogP contribution < -0.4 is 5.32 Å². The molecule has 0 spiro atoms. The number of rotatable bonds is 4. The second kappa shape index (κ2) is 5.36. The van der Waals surface area contributed by atoms with E-state index in [4.69, 9.17) is 0 Å². The fourth-order valence-corrected chi connectivity index (χ4v) is 1.78. The van der Waals surface area contributed by atoms with E-state index in [1.54, 1.807) is 36.7 Å². The van der Waals surface area contributed by atoms with Crippen LogP contribution in [0.5, 0.6) is 0 Å². The molecular formula is C13H11F3N2O. The standard InChI is InChI=1S/C13H11F3N2O/c14-13(15,16)8-18-7-12(19)11-3-1-2-9-6-17-5-4-10(9)11/h1-6,18H,7-8H2. The predicted molar refractivity (Wildman–Crippen MR) is 65.0 cm³/mol. The van der Waals surface area contributed by atoms with Crippen molar-refractivity contribution in [2.24, 2.45) is 0 Å². The zero-order valence-corrected chi connectivity index (χ0v) is 9.87. The third kappa shape index (κ3) is 3.51. The van der Waals surface area contributed by atoms with Gasteiger partial charge in [-0.2, -0.15) is 13.2 Å². The Hall–Kier alpha value is -1.95. The molecule has 1 N–H and O–H groups in total. The number of aromatic nitrogens is 1. The Labute approximate surface area is 107 Å². The highest BCUT2D eigenvalue weighted by molar-refractivity contribution is 6.08. The molecule has 1 heterocycles. The molecule has 0 amide bonds. The molecule has 2 aromatic rings. The third-order valence-corrected chi connectivity index (χ3v) is 2.59. The number of benzene rings is 1. The van der Waals surface area contributed by atoms with Gasteiger partial charge in [0.25, 0.3) is 0 Å². The van der Waals surface area contributed by atoms with Gasteiger partial charge in [-0.05, 0) is 11.5 Å². The number of fused-ring (bicyclic) bond motifs is 1. The topological polar surface area (TPSA) is 42.0 Å². The summed E-state index contributed by atoms with van der Waals surface area (Å²) < 4.78 is 35.9. The molecule has 100 valence electrons. The van der Waals surface area contributed by atoms with Gasteiger partial charge in [0.1, 0.15) is 0 Å². The molecule has 1 aromatic carbocycles. The number of nitrogens with zero attached hydrogens (tertiary/aromatic N) is 1. The highest BCUT2D eigenvalue weighted by Crippen LogP contribution is 2.18. The summed E-state index contributed by atoms with van der Waals surface area (Å²) in [5, 5.41) is 3.57. The van der Waals surface area contributed by atoms with Gasteiger partial charge in [-0.15, -0.1) is 0 Å². The molecule has 3 nitrogen and oxygen atoms in total. The van der Waals surface area contributed by atoms with E-state index in [0.29, 0.717) is 10.9 Å². The van der Waals surface area contributed by atoms with E-state index >= 15 is 0 Å². The van der Waals surface area contributed by atoms with Crippen LogP contribution in [0.2, 0.25) is 0 Å². The van der Waals surface area contributed by atoms with Crippen LogP contribution in [-0.4, -0.2) is 30.0 Å². The lowest BCUT2D eigenvalue weighted by atomic mass is 10.0. The molecule has 0 radical (unpaired) electrons. The van der Waals surface area contributed by atoms with Crippen molar-refractivity contribution in [2.45, 2.75) is 6.18 Å². The van der Waals surface area contributed by atoms with Crippen molar-refractivity contribution in [1.82, 2.24) is 10.3 Å². The predicted octanol–water partition coefficient (Wildman–Crippen LogP) is 2.57. The lowest BCUT2D eigenvalue weighted by Gasteiger charge is -2.08. The maximum Gasteiger partial charge on any atom is 0.401 e. The van der Waals surface area contributed by atoms with Crippen molar-refractivity contribution >= 4 is 16.6 Å². The first-order valence-electron chi connectivity index (χ1n) is 5.61. The van der Waals surface area contributed by atoms with E-state index in [2.05, 4.69) is 10.3 Å². The number of nitrogens with one attached hydrogen (secondary N) is 1. The Morgan fingerprint density at radius 2 is 2.05 bits per heavy atom. The zero-order chi connectivity index (χ0) is 13.9. The van der Waals surface area contributed by atoms with E-state index in [9.17, 15) is 18.0 Å². The summed E-state index contributed by atoms with van der Waals surface area (Å²) in [4.78, 5) is 15.8. The fraction of sp³-hybridized carbons (Fsp3) is 0.231. The van der Waals surface area contributed by atoms with Gasteiger partial charge in [-0.1, -0.05) is 18.2 Å². The summed E-state index contributed by atoms with van der Waals surface area (Å²) >= 11 is 0. The van der Waals surface area contributed by atoms with E-state index in [-0.39, 0.29) is 12.3 Å². The molecule has 19 heavy (non-hydrogen) atoms.